The number of nitrogens with zero attached hydrogens (tertiary/aromatic N) is 3. The number of rotatable bonds is 8. The minimum absolute atomic E-state index is 0.126. The van der Waals surface area contributed by atoms with Crippen molar-refractivity contribution in [3.05, 3.63) is 71.7 Å². The molecule has 3 aromatic rings. The molecule has 0 radical (unpaired) electrons. The summed E-state index contributed by atoms with van der Waals surface area (Å²) in [4.78, 5) is 46.1. The summed E-state index contributed by atoms with van der Waals surface area (Å²) in [5, 5.41) is 4.71. The van der Waals surface area contributed by atoms with Gasteiger partial charge in [0.25, 0.3) is 15.9 Å². The van der Waals surface area contributed by atoms with Gasteiger partial charge in [0.2, 0.25) is 5.91 Å². The predicted octanol–water partition coefficient (Wildman–Crippen LogP) is 2.95. The number of fused-ring (bicyclic) bond motifs is 1. The summed E-state index contributed by atoms with van der Waals surface area (Å²) in [7, 11) is -3.99. The smallest absolute Gasteiger partial charge is 0.261 e. The van der Waals surface area contributed by atoms with Gasteiger partial charge in [0.15, 0.2) is 10.8 Å². The van der Waals surface area contributed by atoms with Gasteiger partial charge in [0.05, 0.1) is 12.6 Å². The molecule has 2 amide bonds. The quantitative estimate of drug-likeness (QED) is 0.459. The first-order valence-corrected chi connectivity index (χ1v) is 14.8. The number of hydrogen-bond acceptors (Lipinski definition) is 7. The van der Waals surface area contributed by atoms with E-state index in [4.69, 9.17) is 0 Å². The fraction of sp³-hybridized carbons (Fsp3) is 0.333. The van der Waals surface area contributed by atoms with Gasteiger partial charge in [-0.3, -0.25) is 14.4 Å². The fourth-order valence-electron chi connectivity index (χ4n) is 5.18. The van der Waals surface area contributed by atoms with Crippen LogP contribution < -0.4 is 5.32 Å². The second-order valence-corrected chi connectivity index (χ2v) is 12.2. The van der Waals surface area contributed by atoms with Crippen molar-refractivity contribution < 1.29 is 22.8 Å². The van der Waals surface area contributed by atoms with Gasteiger partial charge in [-0.15, -0.1) is 11.3 Å². The molecule has 1 N–H and O–H groups in total. The van der Waals surface area contributed by atoms with Crippen molar-refractivity contribution in [3.8, 4) is 10.4 Å². The van der Waals surface area contributed by atoms with Gasteiger partial charge in [-0.25, -0.2) is 13.4 Å². The number of benzene rings is 1. The van der Waals surface area contributed by atoms with Crippen LogP contribution in [0, 0.1) is 0 Å². The third-order valence-electron chi connectivity index (χ3n) is 7.00. The van der Waals surface area contributed by atoms with Crippen molar-refractivity contribution in [3.63, 3.8) is 0 Å². The van der Waals surface area contributed by atoms with Gasteiger partial charge in [0.1, 0.15) is 12.1 Å². The number of aromatic nitrogens is 1. The topological polar surface area (TPSA) is 117 Å². The Morgan fingerprint density at radius 2 is 1.92 bits per heavy atom. The lowest BCUT2D eigenvalue weighted by Crippen LogP contribution is -2.52. The minimum atomic E-state index is -3.99. The van der Waals surface area contributed by atoms with Crippen LogP contribution in [-0.2, 0) is 19.6 Å². The molecule has 4 heterocycles. The average molecular weight is 553 g/mol. The van der Waals surface area contributed by atoms with Crippen molar-refractivity contribution >= 4 is 39.0 Å². The molecule has 0 saturated carbocycles. The van der Waals surface area contributed by atoms with Crippen LogP contribution in [0.4, 0.5) is 0 Å². The summed E-state index contributed by atoms with van der Waals surface area (Å²) in [6.45, 7) is 1.84. The number of pyridine rings is 1. The Balaban J connectivity index is 1.31. The molecule has 2 aliphatic heterocycles. The SMILES string of the molecule is CCCC(NC(=O)c1ccc(-c2cccs2)cc1)C(=O)N1CCC2C1C(=O)CN2S(=O)(=O)c1ccccn1. The third-order valence-corrected chi connectivity index (χ3v) is 9.71. The molecule has 0 aliphatic carbocycles. The molecule has 1 aromatic carbocycles. The lowest BCUT2D eigenvalue weighted by molar-refractivity contribution is -0.138. The van der Waals surface area contributed by atoms with E-state index in [1.54, 1.807) is 35.6 Å². The maximum absolute atomic E-state index is 13.6. The van der Waals surface area contributed by atoms with E-state index in [1.165, 1.54) is 17.2 Å². The zero-order valence-electron chi connectivity index (χ0n) is 20.8. The molecule has 0 bridgehead atoms. The Bertz CT molecular complexity index is 1430. The Kier molecular flexibility index (Phi) is 7.42. The molecule has 0 spiro atoms. The Morgan fingerprint density at radius 3 is 2.58 bits per heavy atom. The molecule has 2 aromatic heterocycles. The average Bonchev–Trinajstić information content (AvgIpc) is 3.68. The predicted molar refractivity (Wildman–Crippen MR) is 143 cm³/mol. The van der Waals surface area contributed by atoms with Crippen LogP contribution in [0.5, 0.6) is 0 Å². The van der Waals surface area contributed by atoms with E-state index in [0.717, 1.165) is 14.7 Å². The van der Waals surface area contributed by atoms with Gasteiger partial charge in [-0.1, -0.05) is 37.6 Å². The number of sulfonamides is 1. The molecule has 38 heavy (non-hydrogen) atoms. The summed E-state index contributed by atoms with van der Waals surface area (Å²) in [5.74, 6) is -1.07. The maximum atomic E-state index is 13.6. The standard InChI is InChI=1S/C27H28N4O5S2/c1-2-6-20(29-26(33)19-11-9-18(10-12-19)23-7-5-16-37-23)27(34)30-15-13-21-25(30)22(32)17-31(21)38(35,36)24-8-3-4-14-28-24/h3-5,7-12,14,16,20-21,25H,2,6,13,15,17H2,1H3,(H,29,33). The van der Waals surface area contributed by atoms with E-state index in [9.17, 15) is 22.8 Å². The number of ketones is 1. The van der Waals surface area contributed by atoms with Crippen LogP contribution in [0.25, 0.3) is 10.4 Å². The molecule has 5 rings (SSSR count). The summed E-state index contributed by atoms with van der Waals surface area (Å²) >= 11 is 1.61. The van der Waals surface area contributed by atoms with Crippen molar-refractivity contribution in [2.75, 3.05) is 13.1 Å². The third kappa shape index (κ3) is 4.89. The number of hydrogen-bond donors (Lipinski definition) is 1. The molecule has 3 unspecified atom stereocenters. The summed E-state index contributed by atoms with van der Waals surface area (Å²) in [5.41, 5.74) is 1.44. The van der Waals surface area contributed by atoms with Crippen LogP contribution >= 0.6 is 11.3 Å². The molecule has 3 atom stereocenters. The van der Waals surface area contributed by atoms with Crippen LogP contribution in [0.2, 0.25) is 0 Å². The number of amides is 2. The highest BCUT2D eigenvalue weighted by molar-refractivity contribution is 7.89. The molecule has 11 heteroatoms. The molecule has 2 fully saturated rings. The zero-order chi connectivity index (χ0) is 26.9. The summed E-state index contributed by atoms with van der Waals surface area (Å²) < 4.78 is 27.5. The van der Waals surface area contributed by atoms with Crippen LogP contribution in [0.1, 0.15) is 36.5 Å². The first kappa shape index (κ1) is 26.2. The first-order chi connectivity index (χ1) is 18.3. The fourth-order valence-corrected chi connectivity index (χ4v) is 7.47. The lowest BCUT2D eigenvalue weighted by Gasteiger charge is -2.28. The number of nitrogens with one attached hydrogen (secondary N) is 1. The number of Topliss-reactive ketones (excluding diaryl/α,β-unsaturated/α-hetero) is 1. The highest BCUT2D eigenvalue weighted by atomic mass is 32.2. The second kappa shape index (κ2) is 10.8. The highest BCUT2D eigenvalue weighted by Gasteiger charge is 2.54. The first-order valence-electron chi connectivity index (χ1n) is 12.5. The van der Waals surface area contributed by atoms with Gasteiger partial charge in [-0.2, -0.15) is 4.31 Å². The Hall–Kier alpha value is -3.41. The Morgan fingerprint density at radius 1 is 1.13 bits per heavy atom. The molecular formula is C27H28N4O5S2. The van der Waals surface area contributed by atoms with Crippen molar-refractivity contribution in [2.45, 2.75) is 49.3 Å². The van der Waals surface area contributed by atoms with E-state index in [1.807, 2.05) is 36.6 Å². The molecule has 198 valence electrons. The van der Waals surface area contributed by atoms with E-state index >= 15 is 0 Å². The second-order valence-electron chi connectivity index (χ2n) is 9.39. The van der Waals surface area contributed by atoms with E-state index in [0.29, 0.717) is 24.8 Å². The lowest BCUT2D eigenvalue weighted by atomic mass is 10.1. The van der Waals surface area contributed by atoms with Gasteiger partial charge >= 0.3 is 0 Å². The van der Waals surface area contributed by atoms with E-state index in [2.05, 4.69) is 10.3 Å². The van der Waals surface area contributed by atoms with Gasteiger partial charge in [-0.05, 0) is 54.1 Å². The van der Waals surface area contributed by atoms with E-state index < -0.39 is 28.1 Å². The van der Waals surface area contributed by atoms with Crippen molar-refractivity contribution in [1.82, 2.24) is 19.5 Å². The highest BCUT2D eigenvalue weighted by Crippen LogP contribution is 2.34. The molecule has 2 aliphatic rings. The van der Waals surface area contributed by atoms with Crippen LogP contribution in [-0.4, -0.2) is 71.4 Å². The van der Waals surface area contributed by atoms with Gasteiger partial charge < -0.3 is 10.2 Å². The minimum Gasteiger partial charge on any atom is -0.340 e. The maximum Gasteiger partial charge on any atom is 0.261 e. The van der Waals surface area contributed by atoms with Crippen LogP contribution in [0.15, 0.2) is 71.2 Å². The molecular weight excluding hydrogens is 524 g/mol. The van der Waals surface area contributed by atoms with E-state index in [-0.39, 0.29) is 35.7 Å². The summed E-state index contributed by atoms with van der Waals surface area (Å²) in [6.07, 6.45) is 2.77. The Labute approximate surface area is 225 Å². The number of thiophene rings is 1. The number of carbonyl (C=O) groups is 3. The summed E-state index contributed by atoms with van der Waals surface area (Å²) in [6, 6.07) is 13.4. The van der Waals surface area contributed by atoms with Crippen LogP contribution in [0.3, 0.4) is 0 Å². The van der Waals surface area contributed by atoms with Crippen molar-refractivity contribution in [2.24, 2.45) is 0 Å². The molecule has 2 saturated heterocycles. The van der Waals surface area contributed by atoms with Crippen molar-refractivity contribution in [1.29, 1.82) is 0 Å². The number of likely N-dealkylation sites (tertiary alicyclic amines) is 1. The molecule has 9 nitrogen and oxygen atoms in total. The number of carbonyl (C=O) groups excluding carboxylic acids is 3. The largest absolute Gasteiger partial charge is 0.340 e. The normalized spacial score (nSPS) is 20.3. The van der Waals surface area contributed by atoms with Gasteiger partial charge in [0, 0.05) is 23.2 Å². The zero-order valence-corrected chi connectivity index (χ0v) is 22.5. The monoisotopic (exact) mass is 552 g/mol.